The topological polar surface area (TPSA) is 109 Å². The summed E-state index contributed by atoms with van der Waals surface area (Å²) in [7, 11) is 0. The van der Waals surface area contributed by atoms with Gasteiger partial charge in [0.25, 0.3) is 5.91 Å². The lowest BCUT2D eigenvalue weighted by atomic mass is 10.1. The van der Waals surface area contributed by atoms with E-state index in [-0.39, 0.29) is 17.4 Å². The molecule has 0 heterocycles. The van der Waals surface area contributed by atoms with Crippen molar-refractivity contribution in [2.24, 2.45) is 0 Å². The van der Waals surface area contributed by atoms with E-state index >= 15 is 0 Å². The predicted molar refractivity (Wildman–Crippen MR) is 102 cm³/mol. The van der Waals surface area contributed by atoms with Gasteiger partial charge in [0.05, 0.1) is 11.1 Å². The summed E-state index contributed by atoms with van der Waals surface area (Å²) >= 11 is 3.33. The van der Waals surface area contributed by atoms with Crippen molar-refractivity contribution in [3.05, 3.63) is 27.7 Å². The summed E-state index contributed by atoms with van der Waals surface area (Å²) in [5.41, 5.74) is 0.557. The molecule has 0 aliphatic heterocycles. The molecule has 1 aliphatic rings. The second-order valence-corrected chi connectivity index (χ2v) is 6.92. The molecule has 0 unspecified atom stereocenters. The van der Waals surface area contributed by atoms with Crippen molar-refractivity contribution < 1.29 is 24.2 Å². The number of hydrogen-bond acceptors (Lipinski definition) is 5. The van der Waals surface area contributed by atoms with Crippen LogP contribution in [0.4, 0.5) is 0 Å². The molecule has 0 bridgehead atoms. The van der Waals surface area contributed by atoms with Crippen LogP contribution < -0.4 is 14.8 Å². The van der Waals surface area contributed by atoms with E-state index in [2.05, 4.69) is 21.2 Å². The van der Waals surface area contributed by atoms with Gasteiger partial charge in [0.2, 0.25) is 0 Å². The fourth-order valence-electron chi connectivity index (χ4n) is 2.86. The first-order valence-corrected chi connectivity index (χ1v) is 9.47. The van der Waals surface area contributed by atoms with Gasteiger partial charge in [-0.25, -0.2) is 4.79 Å². The number of carboxylic acids is 1. The van der Waals surface area contributed by atoms with Crippen LogP contribution in [0.15, 0.2) is 22.2 Å². The molecular weight excluding hydrogens is 416 g/mol. The molecule has 1 aliphatic carbocycles. The van der Waals surface area contributed by atoms with Crippen molar-refractivity contribution in [2.75, 3.05) is 13.2 Å². The average molecular weight is 437 g/mol. The van der Waals surface area contributed by atoms with Crippen molar-refractivity contribution in [1.29, 1.82) is 5.26 Å². The summed E-state index contributed by atoms with van der Waals surface area (Å²) in [5.74, 6) is -0.925. The second kappa shape index (κ2) is 9.97. The van der Waals surface area contributed by atoms with Gasteiger partial charge in [0.15, 0.2) is 18.1 Å². The summed E-state index contributed by atoms with van der Waals surface area (Å²) in [5, 5.41) is 21.0. The quantitative estimate of drug-likeness (QED) is 0.477. The molecule has 0 atom stereocenters. The number of carbonyl (C=O) groups is 2. The fraction of sp³-hybridized carbons (Fsp3) is 0.421. The van der Waals surface area contributed by atoms with E-state index in [1.807, 2.05) is 6.07 Å². The van der Waals surface area contributed by atoms with E-state index in [9.17, 15) is 14.9 Å². The van der Waals surface area contributed by atoms with E-state index in [1.165, 1.54) is 6.08 Å². The van der Waals surface area contributed by atoms with Gasteiger partial charge in [-0.05, 0) is 59.5 Å². The molecule has 1 amide bonds. The van der Waals surface area contributed by atoms with Crippen molar-refractivity contribution in [1.82, 2.24) is 5.32 Å². The minimum Gasteiger partial charge on any atom is -0.490 e. The van der Waals surface area contributed by atoms with E-state index in [4.69, 9.17) is 14.6 Å². The third-order valence-electron chi connectivity index (χ3n) is 4.04. The maximum absolute atomic E-state index is 12.3. The Morgan fingerprint density at radius 3 is 2.67 bits per heavy atom. The number of nitriles is 1. The first-order valence-electron chi connectivity index (χ1n) is 8.68. The third-order valence-corrected chi connectivity index (χ3v) is 4.63. The molecule has 0 saturated heterocycles. The fourth-order valence-corrected chi connectivity index (χ4v) is 3.43. The number of aliphatic carboxylic acids is 1. The second-order valence-electron chi connectivity index (χ2n) is 6.07. The van der Waals surface area contributed by atoms with Gasteiger partial charge in [0, 0.05) is 6.04 Å². The van der Waals surface area contributed by atoms with E-state index in [1.54, 1.807) is 19.1 Å². The highest BCUT2D eigenvalue weighted by molar-refractivity contribution is 9.10. The summed E-state index contributed by atoms with van der Waals surface area (Å²) in [6, 6.07) is 5.29. The first-order chi connectivity index (χ1) is 12.9. The van der Waals surface area contributed by atoms with Crippen LogP contribution in [-0.4, -0.2) is 36.2 Å². The highest BCUT2D eigenvalue weighted by atomic mass is 79.9. The number of carboxylic acid groups (broad SMARTS) is 1. The zero-order valence-electron chi connectivity index (χ0n) is 15.0. The molecule has 0 spiro atoms. The van der Waals surface area contributed by atoms with Crippen LogP contribution in [-0.2, 0) is 9.59 Å². The van der Waals surface area contributed by atoms with Crippen LogP contribution in [0, 0.1) is 11.3 Å². The van der Waals surface area contributed by atoms with Gasteiger partial charge in [-0.2, -0.15) is 5.26 Å². The molecule has 1 aromatic rings. The van der Waals surface area contributed by atoms with Crippen LogP contribution in [0.25, 0.3) is 6.08 Å². The lowest BCUT2D eigenvalue weighted by molar-refractivity contribution is -0.139. The Balaban J connectivity index is 2.26. The summed E-state index contributed by atoms with van der Waals surface area (Å²) in [4.78, 5) is 23.1. The van der Waals surface area contributed by atoms with Gasteiger partial charge in [-0.1, -0.05) is 12.8 Å². The number of carbonyl (C=O) groups excluding carboxylic acids is 1. The Kier molecular flexibility index (Phi) is 7.67. The van der Waals surface area contributed by atoms with Crippen LogP contribution in [0.2, 0.25) is 0 Å². The van der Waals surface area contributed by atoms with Gasteiger partial charge >= 0.3 is 5.97 Å². The molecule has 0 radical (unpaired) electrons. The maximum atomic E-state index is 12.3. The van der Waals surface area contributed by atoms with E-state index in [0.717, 1.165) is 25.7 Å². The first kappa shape index (κ1) is 20.8. The Labute approximate surface area is 166 Å². The van der Waals surface area contributed by atoms with Crippen LogP contribution in [0.3, 0.4) is 0 Å². The van der Waals surface area contributed by atoms with Crippen molar-refractivity contribution >= 4 is 33.9 Å². The summed E-state index contributed by atoms with van der Waals surface area (Å²) in [6.45, 7) is 1.62. The normalized spacial score (nSPS) is 14.5. The van der Waals surface area contributed by atoms with E-state index < -0.39 is 18.5 Å². The number of rotatable bonds is 8. The molecule has 1 fully saturated rings. The Morgan fingerprint density at radius 1 is 1.37 bits per heavy atom. The number of ether oxygens (including phenoxy) is 2. The molecule has 7 nitrogen and oxygen atoms in total. The predicted octanol–water partition coefficient (Wildman–Crippen LogP) is 3.28. The summed E-state index contributed by atoms with van der Waals surface area (Å²) < 4.78 is 11.2. The van der Waals surface area contributed by atoms with Crippen LogP contribution in [0.1, 0.15) is 38.2 Å². The number of halogens is 1. The largest absolute Gasteiger partial charge is 0.490 e. The zero-order valence-corrected chi connectivity index (χ0v) is 16.5. The van der Waals surface area contributed by atoms with Gasteiger partial charge in [0.1, 0.15) is 11.6 Å². The highest BCUT2D eigenvalue weighted by Crippen LogP contribution is 2.37. The molecular formula is C19H21BrN2O5. The molecule has 144 valence electrons. The minimum absolute atomic E-state index is 0.00421. The average Bonchev–Trinajstić information content (AvgIpc) is 3.11. The van der Waals surface area contributed by atoms with Crippen molar-refractivity contribution in [3.63, 3.8) is 0 Å². The molecule has 0 aromatic heterocycles. The molecule has 2 N–H and O–H groups in total. The highest BCUT2D eigenvalue weighted by Gasteiger charge is 2.20. The number of nitrogens with one attached hydrogen (secondary N) is 1. The lowest BCUT2D eigenvalue weighted by Crippen LogP contribution is -2.33. The smallest absolute Gasteiger partial charge is 0.341 e. The van der Waals surface area contributed by atoms with Crippen LogP contribution in [0.5, 0.6) is 11.5 Å². The third kappa shape index (κ3) is 6.00. The van der Waals surface area contributed by atoms with Crippen molar-refractivity contribution in [3.8, 4) is 17.6 Å². The monoisotopic (exact) mass is 436 g/mol. The Hall–Kier alpha value is -2.53. The molecule has 27 heavy (non-hydrogen) atoms. The molecule has 2 rings (SSSR count). The standard InChI is InChI=1S/C19H21BrN2O5/c1-2-26-16-9-12(8-15(20)18(16)27-11-17(23)24)7-13(10-21)19(25)22-14-5-3-4-6-14/h7-9,14H,2-6,11H2,1H3,(H,22,25)(H,23,24)/b13-7-. The number of hydrogen-bond donors (Lipinski definition) is 2. The molecule has 8 heteroatoms. The summed E-state index contributed by atoms with van der Waals surface area (Å²) in [6.07, 6.45) is 5.50. The maximum Gasteiger partial charge on any atom is 0.341 e. The Bertz CT molecular complexity index is 779. The van der Waals surface area contributed by atoms with Gasteiger partial charge in [-0.3, -0.25) is 4.79 Å². The van der Waals surface area contributed by atoms with Crippen LogP contribution >= 0.6 is 15.9 Å². The zero-order chi connectivity index (χ0) is 19.8. The SMILES string of the molecule is CCOc1cc(/C=C(/C#N)C(=O)NC2CCCC2)cc(Br)c1OCC(=O)O. The van der Waals surface area contributed by atoms with Gasteiger partial charge in [-0.15, -0.1) is 0 Å². The number of amides is 1. The van der Waals surface area contributed by atoms with E-state index in [0.29, 0.717) is 22.4 Å². The minimum atomic E-state index is -1.11. The molecule has 1 aromatic carbocycles. The number of nitrogens with zero attached hydrogens (tertiary/aromatic N) is 1. The lowest BCUT2D eigenvalue weighted by Gasteiger charge is -2.14. The molecule has 1 saturated carbocycles. The van der Waals surface area contributed by atoms with Crippen molar-refractivity contribution in [2.45, 2.75) is 38.6 Å². The Morgan fingerprint density at radius 2 is 2.07 bits per heavy atom. The number of benzene rings is 1. The van der Waals surface area contributed by atoms with Gasteiger partial charge < -0.3 is 19.9 Å².